The largest absolute Gasteiger partial charge is 0.338 e. The van der Waals surface area contributed by atoms with Crippen LogP contribution in [0.5, 0.6) is 0 Å². The first kappa shape index (κ1) is 14.7. The van der Waals surface area contributed by atoms with E-state index in [1.807, 2.05) is 14.1 Å². The molecule has 1 fully saturated rings. The van der Waals surface area contributed by atoms with Crippen LogP contribution in [0.1, 0.15) is 0 Å². The summed E-state index contributed by atoms with van der Waals surface area (Å²) in [5.74, 6) is -1.48. The average molecular weight is 271 g/mol. The van der Waals surface area contributed by atoms with Crippen molar-refractivity contribution >= 4 is 35.4 Å². The van der Waals surface area contributed by atoms with Gasteiger partial charge in [-0.05, 0) is 12.2 Å². The number of rotatable bonds is 4. The Kier molecular flexibility index (Phi) is 4.92. The van der Waals surface area contributed by atoms with Crippen LogP contribution < -0.4 is 4.90 Å². The molecule has 7 heteroatoms. The van der Waals surface area contributed by atoms with Gasteiger partial charge in [0.25, 0.3) is 0 Å². The second-order valence-electron chi connectivity index (χ2n) is 4.57. The molecule has 0 aromatic carbocycles. The molecule has 0 aliphatic carbocycles. The summed E-state index contributed by atoms with van der Waals surface area (Å²) >= 11 is 4.99. The van der Waals surface area contributed by atoms with E-state index in [1.54, 1.807) is 14.1 Å². The third kappa shape index (κ3) is 3.11. The van der Waals surface area contributed by atoms with Crippen molar-refractivity contribution in [3.8, 4) is 0 Å². The van der Waals surface area contributed by atoms with Gasteiger partial charge < -0.3 is 4.90 Å². The van der Waals surface area contributed by atoms with Crippen molar-refractivity contribution in [2.24, 2.45) is 10.9 Å². The molecule has 1 aliphatic heterocycles. The number of hydrogen-bond acceptors (Lipinski definition) is 4. The number of hydrogen-bond donors (Lipinski definition) is 1. The Hall–Kier alpha value is -1.34. The number of aliphatic imine (C=N–C) groups is 1. The highest BCUT2D eigenvalue weighted by Gasteiger charge is 2.39. The van der Waals surface area contributed by atoms with Gasteiger partial charge in [-0.3, -0.25) is 24.4 Å². The predicted octanol–water partition coefficient (Wildman–Crippen LogP) is -1.97. The lowest BCUT2D eigenvalue weighted by Gasteiger charge is -2.33. The first-order valence-electron chi connectivity index (χ1n) is 5.74. The smallest absolute Gasteiger partial charge is 0.246 e. The van der Waals surface area contributed by atoms with Crippen molar-refractivity contribution in [3.63, 3.8) is 0 Å². The fraction of sp³-hybridized carbons (Fsp3) is 0.636. The second-order valence-corrected chi connectivity index (χ2v) is 4.93. The summed E-state index contributed by atoms with van der Waals surface area (Å²) in [6.07, 6.45) is 1.43. The van der Waals surface area contributed by atoms with Crippen molar-refractivity contribution in [2.75, 3.05) is 41.3 Å². The number of nitrogens with zero attached hydrogens (tertiary/aromatic N) is 3. The molecular weight excluding hydrogens is 252 g/mol. The highest BCUT2D eigenvalue weighted by atomic mass is 32.1. The minimum absolute atomic E-state index is 0.229. The van der Waals surface area contributed by atoms with E-state index < -0.39 is 5.92 Å². The molecule has 0 radical (unpaired) electrons. The van der Waals surface area contributed by atoms with Crippen molar-refractivity contribution in [2.45, 2.75) is 0 Å². The molecule has 2 amide bonds. The van der Waals surface area contributed by atoms with Crippen molar-refractivity contribution < 1.29 is 14.5 Å². The maximum Gasteiger partial charge on any atom is 0.246 e. The van der Waals surface area contributed by atoms with Crippen LogP contribution in [0.2, 0.25) is 0 Å². The van der Waals surface area contributed by atoms with Crippen LogP contribution in [0.4, 0.5) is 0 Å². The Bertz CT molecular complexity index is 371. The summed E-state index contributed by atoms with van der Waals surface area (Å²) in [6.45, 7) is 1.45. The van der Waals surface area contributed by atoms with Crippen LogP contribution in [0.25, 0.3) is 0 Å². The lowest BCUT2D eigenvalue weighted by Crippen LogP contribution is -3.06. The molecule has 0 unspecified atom stereocenters. The summed E-state index contributed by atoms with van der Waals surface area (Å²) in [5, 5.41) is 0.229. The monoisotopic (exact) mass is 271 g/mol. The molecule has 18 heavy (non-hydrogen) atoms. The molecule has 6 nitrogen and oxygen atoms in total. The van der Waals surface area contributed by atoms with E-state index in [9.17, 15) is 9.59 Å². The quantitative estimate of drug-likeness (QED) is 0.367. The van der Waals surface area contributed by atoms with Crippen LogP contribution in [0, 0.1) is 5.92 Å². The molecule has 1 N–H and O–H groups in total. The zero-order valence-corrected chi connectivity index (χ0v) is 12.0. The summed E-state index contributed by atoms with van der Waals surface area (Å²) in [5.41, 5.74) is 0. The third-order valence-electron chi connectivity index (χ3n) is 2.76. The lowest BCUT2D eigenvalue weighted by molar-refractivity contribution is -0.856. The molecular formula is C11H19N4O2S+. The van der Waals surface area contributed by atoms with Gasteiger partial charge in [0.05, 0.1) is 27.2 Å². The summed E-state index contributed by atoms with van der Waals surface area (Å²) in [7, 11) is 7.18. The van der Waals surface area contributed by atoms with Crippen LogP contribution >= 0.6 is 12.2 Å². The number of quaternary nitrogens is 1. The molecule has 1 aliphatic rings. The minimum Gasteiger partial charge on any atom is -0.338 e. The summed E-state index contributed by atoms with van der Waals surface area (Å²) in [6, 6.07) is 0. The normalized spacial score (nSPS) is 18.6. The maximum absolute atomic E-state index is 11.9. The van der Waals surface area contributed by atoms with Crippen LogP contribution in [0.3, 0.4) is 0 Å². The minimum atomic E-state index is -0.844. The first-order chi connectivity index (χ1) is 8.36. The number of nitrogens with one attached hydrogen (secondary N) is 1. The van der Waals surface area contributed by atoms with Gasteiger partial charge in [0.2, 0.25) is 11.8 Å². The molecule has 0 saturated carbocycles. The standard InChI is InChI=1S/C11H18N4O2S/c1-13(2)6-5-12-7-8-9(16)14(3)11(18)15(4)10(8)17/h7-8H,5-6H2,1-4H3/p+1. The van der Waals surface area contributed by atoms with Crippen molar-refractivity contribution in [1.29, 1.82) is 0 Å². The molecule has 0 aromatic rings. The van der Waals surface area contributed by atoms with Gasteiger partial charge in [-0.1, -0.05) is 0 Å². The van der Waals surface area contributed by atoms with Gasteiger partial charge in [0.15, 0.2) is 11.0 Å². The van der Waals surface area contributed by atoms with E-state index in [-0.39, 0.29) is 16.9 Å². The van der Waals surface area contributed by atoms with Crippen LogP contribution in [0.15, 0.2) is 4.99 Å². The fourth-order valence-corrected chi connectivity index (χ4v) is 1.71. The van der Waals surface area contributed by atoms with Gasteiger partial charge in [0.1, 0.15) is 0 Å². The molecule has 1 rings (SSSR count). The zero-order valence-electron chi connectivity index (χ0n) is 11.1. The molecule has 0 atom stereocenters. The molecule has 0 bridgehead atoms. The van der Waals surface area contributed by atoms with Gasteiger partial charge in [0, 0.05) is 20.3 Å². The summed E-state index contributed by atoms with van der Waals surface area (Å²) < 4.78 is 0. The Morgan fingerprint density at radius 2 is 1.78 bits per heavy atom. The third-order valence-corrected chi connectivity index (χ3v) is 3.31. The molecule has 0 spiro atoms. The maximum atomic E-state index is 11.9. The number of amides is 2. The fourth-order valence-electron chi connectivity index (χ4n) is 1.53. The van der Waals surface area contributed by atoms with E-state index in [4.69, 9.17) is 12.2 Å². The number of thiocarbonyl (C=S) groups is 1. The Balaban J connectivity index is 2.72. The Labute approximate surface area is 112 Å². The van der Waals surface area contributed by atoms with E-state index in [0.717, 1.165) is 6.54 Å². The molecule has 1 saturated heterocycles. The Morgan fingerprint density at radius 3 is 2.22 bits per heavy atom. The van der Waals surface area contributed by atoms with Crippen molar-refractivity contribution in [1.82, 2.24) is 9.80 Å². The number of likely N-dealkylation sites (N-methyl/N-ethyl adjacent to an activating group) is 1. The van der Waals surface area contributed by atoms with Gasteiger partial charge in [-0.25, -0.2) is 0 Å². The molecule has 0 aromatic heterocycles. The molecule has 100 valence electrons. The number of carbonyl (C=O) groups excluding carboxylic acids is 2. The zero-order chi connectivity index (χ0) is 13.9. The predicted molar refractivity (Wildman–Crippen MR) is 72.7 cm³/mol. The highest BCUT2D eigenvalue weighted by molar-refractivity contribution is 7.80. The Morgan fingerprint density at radius 1 is 1.28 bits per heavy atom. The van der Waals surface area contributed by atoms with E-state index in [0.29, 0.717) is 6.54 Å². The van der Waals surface area contributed by atoms with Gasteiger partial charge in [-0.15, -0.1) is 0 Å². The number of carbonyl (C=O) groups is 2. The highest BCUT2D eigenvalue weighted by Crippen LogP contribution is 2.13. The van der Waals surface area contributed by atoms with Crippen LogP contribution in [-0.4, -0.2) is 74.2 Å². The van der Waals surface area contributed by atoms with Gasteiger partial charge in [-0.2, -0.15) is 0 Å². The average Bonchev–Trinajstić information content (AvgIpc) is 2.32. The van der Waals surface area contributed by atoms with E-state index >= 15 is 0 Å². The van der Waals surface area contributed by atoms with Gasteiger partial charge >= 0.3 is 0 Å². The first-order valence-corrected chi connectivity index (χ1v) is 6.15. The van der Waals surface area contributed by atoms with E-state index in [2.05, 4.69) is 4.99 Å². The second kappa shape index (κ2) is 6.01. The van der Waals surface area contributed by atoms with Crippen molar-refractivity contribution in [3.05, 3.63) is 0 Å². The summed E-state index contributed by atoms with van der Waals surface area (Å²) in [4.78, 5) is 31.9. The van der Waals surface area contributed by atoms with E-state index in [1.165, 1.54) is 20.9 Å². The molecule has 1 heterocycles. The lowest BCUT2D eigenvalue weighted by atomic mass is 10.1. The SMILES string of the molecule is CN1C(=O)C(C=NCC[NH+](C)C)C(=O)N(C)C1=S. The van der Waals surface area contributed by atoms with Crippen LogP contribution in [-0.2, 0) is 9.59 Å². The topological polar surface area (TPSA) is 57.4 Å².